The summed E-state index contributed by atoms with van der Waals surface area (Å²) >= 11 is 1.21. The smallest absolute Gasteiger partial charge is 0.250 e. The van der Waals surface area contributed by atoms with Gasteiger partial charge in [0.25, 0.3) is 0 Å². The molecule has 0 aliphatic carbocycles. The molecular formula is C15H17NO4S2. The van der Waals surface area contributed by atoms with Crippen molar-refractivity contribution in [1.29, 1.82) is 0 Å². The maximum Gasteiger partial charge on any atom is 0.250 e. The first kappa shape index (κ1) is 15.5. The van der Waals surface area contributed by atoms with Crippen LogP contribution in [0.1, 0.15) is 16.9 Å². The van der Waals surface area contributed by atoms with Crippen molar-refractivity contribution < 1.29 is 18.3 Å². The van der Waals surface area contributed by atoms with Crippen molar-refractivity contribution in [3.63, 3.8) is 0 Å². The third kappa shape index (κ3) is 2.89. The SMILES string of the molecule is Cc1ccc(S(=O)(=O)NCC2(O)CCOc3ccccc32)s1. The molecule has 7 heteroatoms. The Bertz CT molecular complexity index is 784. The minimum atomic E-state index is -3.61. The highest BCUT2D eigenvalue weighted by molar-refractivity contribution is 7.91. The molecule has 0 saturated heterocycles. The predicted octanol–water partition coefficient (Wildman–Crippen LogP) is 2.01. The monoisotopic (exact) mass is 339 g/mol. The fourth-order valence-corrected chi connectivity index (χ4v) is 4.88. The normalized spacial score (nSPS) is 21.2. The average Bonchev–Trinajstić information content (AvgIpc) is 2.94. The predicted molar refractivity (Wildman–Crippen MR) is 84.7 cm³/mol. The van der Waals surface area contributed by atoms with Gasteiger partial charge < -0.3 is 9.84 Å². The second-order valence-electron chi connectivity index (χ2n) is 5.32. The molecule has 1 aliphatic heterocycles. The maximum atomic E-state index is 12.3. The number of fused-ring (bicyclic) bond motifs is 1. The van der Waals surface area contributed by atoms with E-state index in [1.54, 1.807) is 30.3 Å². The summed E-state index contributed by atoms with van der Waals surface area (Å²) in [5.74, 6) is 0.599. The zero-order valence-electron chi connectivity index (χ0n) is 12.1. The second-order valence-corrected chi connectivity index (χ2v) is 8.60. The van der Waals surface area contributed by atoms with Gasteiger partial charge in [-0.1, -0.05) is 18.2 Å². The van der Waals surface area contributed by atoms with Gasteiger partial charge in [0.15, 0.2) is 0 Å². The molecule has 1 unspecified atom stereocenters. The molecule has 118 valence electrons. The molecule has 0 radical (unpaired) electrons. The second kappa shape index (κ2) is 5.66. The number of benzene rings is 1. The van der Waals surface area contributed by atoms with E-state index in [1.165, 1.54) is 11.3 Å². The Balaban J connectivity index is 1.82. The van der Waals surface area contributed by atoms with E-state index in [0.717, 1.165) is 4.88 Å². The molecule has 0 saturated carbocycles. The van der Waals surface area contributed by atoms with E-state index in [1.807, 2.05) is 13.0 Å². The Morgan fingerprint density at radius 1 is 1.32 bits per heavy atom. The van der Waals surface area contributed by atoms with Crippen molar-refractivity contribution in [3.8, 4) is 5.75 Å². The van der Waals surface area contributed by atoms with Crippen LogP contribution in [0.2, 0.25) is 0 Å². The highest BCUT2D eigenvalue weighted by Gasteiger charge is 2.36. The lowest BCUT2D eigenvalue weighted by Gasteiger charge is -2.34. The van der Waals surface area contributed by atoms with Gasteiger partial charge in [-0.2, -0.15) is 0 Å². The molecule has 0 bridgehead atoms. The van der Waals surface area contributed by atoms with Crippen LogP contribution in [-0.2, 0) is 15.6 Å². The Morgan fingerprint density at radius 2 is 2.09 bits per heavy atom. The fraction of sp³-hybridized carbons (Fsp3) is 0.333. The van der Waals surface area contributed by atoms with Gasteiger partial charge in [0, 0.05) is 23.4 Å². The lowest BCUT2D eigenvalue weighted by Crippen LogP contribution is -2.43. The third-order valence-electron chi connectivity index (χ3n) is 3.70. The Morgan fingerprint density at radius 3 is 2.82 bits per heavy atom. The molecule has 2 heterocycles. The summed E-state index contributed by atoms with van der Waals surface area (Å²) in [4.78, 5) is 0.926. The van der Waals surface area contributed by atoms with E-state index < -0.39 is 15.6 Å². The standard InChI is InChI=1S/C15H17NO4S2/c1-11-6-7-14(21-11)22(18,19)16-10-15(17)8-9-20-13-5-3-2-4-12(13)15/h2-7,16-17H,8-10H2,1H3. The molecule has 1 atom stereocenters. The maximum absolute atomic E-state index is 12.3. The van der Waals surface area contributed by atoms with Gasteiger partial charge >= 0.3 is 0 Å². The van der Waals surface area contributed by atoms with Gasteiger partial charge in [0.05, 0.1) is 6.61 Å². The number of hydrogen-bond acceptors (Lipinski definition) is 5. The van der Waals surface area contributed by atoms with Crippen molar-refractivity contribution in [2.45, 2.75) is 23.2 Å². The average molecular weight is 339 g/mol. The van der Waals surface area contributed by atoms with Gasteiger partial charge in [-0.3, -0.25) is 0 Å². The topological polar surface area (TPSA) is 75.6 Å². The molecule has 3 rings (SSSR count). The molecule has 1 aromatic heterocycles. The van der Waals surface area contributed by atoms with E-state index in [9.17, 15) is 13.5 Å². The van der Waals surface area contributed by atoms with Crippen molar-refractivity contribution in [1.82, 2.24) is 4.72 Å². The third-order valence-corrected chi connectivity index (χ3v) is 6.59. The molecule has 2 N–H and O–H groups in total. The first-order valence-corrected chi connectivity index (χ1v) is 9.21. The Kier molecular flexibility index (Phi) is 3.98. The summed E-state index contributed by atoms with van der Waals surface area (Å²) in [7, 11) is -3.61. The zero-order chi connectivity index (χ0) is 15.8. The minimum Gasteiger partial charge on any atom is -0.493 e. The van der Waals surface area contributed by atoms with Gasteiger partial charge in [-0.15, -0.1) is 11.3 Å². The van der Waals surface area contributed by atoms with E-state index >= 15 is 0 Å². The highest BCUT2D eigenvalue weighted by atomic mass is 32.2. The molecule has 0 spiro atoms. The molecule has 2 aromatic rings. The molecule has 0 fully saturated rings. The number of thiophene rings is 1. The fourth-order valence-electron chi connectivity index (χ4n) is 2.47. The lowest BCUT2D eigenvalue weighted by atomic mass is 9.88. The van der Waals surface area contributed by atoms with Crippen molar-refractivity contribution in [2.24, 2.45) is 0 Å². The Hall–Kier alpha value is -1.41. The molecule has 0 amide bonds. The minimum absolute atomic E-state index is 0.0767. The summed E-state index contributed by atoms with van der Waals surface area (Å²) in [5.41, 5.74) is -0.639. The van der Waals surface area contributed by atoms with Crippen molar-refractivity contribution >= 4 is 21.4 Å². The summed E-state index contributed by atoms with van der Waals surface area (Å²) in [6, 6.07) is 10.5. The van der Waals surface area contributed by atoms with E-state index in [0.29, 0.717) is 24.3 Å². The van der Waals surface area contributed by atoms with Gasteiger partial charge in [0.2, 0.25) is 10.0 Å². The number of hydrogen-bond donors (Lipinski definition) is 2. The molecular weight excluding hydrogens is 322 g/mol. The van der Waals surface area contributed by atoms with Crippen LogP contribution in [0, 0.1) is 6.92 Å². The van der Waals surface area contributed by atoms with Crippen molar-refractivity contribution in [3.05, 3.63) is 46.8 Å². The van der Waals surface area contributed by atoms with Crippen LogP contribution in [-0.4, -0.2) is 26.7 Å². The van der Waals surface area contributed by atoms with Crippen LogP contribution >= 0.6 is 11.3 Å². The summed E-state index contributed by atoms with van der Waals surface area (Å²) in [5, 5.41) is 10.8. The summed E-state index contributed by atoms with van der Waals surface area (Å²) < 4.78 is 32.9. The summed E-state index contributed by atoms with van der Waals surface area (Å²) in [6.45, 7) is 2.13. The number of aliphatic hydroxyl groups is 1. The summed E-state index contributed by atoms with van der Waals surface area (Å²) in [6.07, 6.45) is 0.343. The molecule has 22 heavy (non-hydrogen) atoms. The lowest BCUT2D eigenvalue weighted by molar-refractivity contribution is 0.00220. The number of para-hydroxylation sites is 1. The number of rotatable bonds is 4. The van der Waals surface area contributed by atoms with Crippen LogP contribution in [0.5, 0.6) is 5.75 Å². The zero-order valence-corrected chi connectivity index (χ0v) is 13.7. The van der Waals surface area contributed by atoms with Crippen LogP contribution in [0.4, 0.5) is 0 Å². The number of ether oxygens (including phenoxy) is 1. The number of nitrogens with one attached hydrogen (secondary N) is 1. The van der Waals surface area contributed by atoms with Gasteiger partial charge in [-0.05, 0) is 25.1 Å². The van der Waals surface area contributed by atoms with Crippen LogP contribution in [0.15, 0.2) is 40.6 Å². The quantitative estimate of drug-likeness (QED) is 0.893. The van der Waals surface area contributed by atoms with E-state index in [2.05, 4.69) is 4.72 Å². The van der Waals surface area contributed by atoms with Crippen LogP contribution in [0.25, 0.3) is 0 Å². The van der Waals surface area contributed by atoms with E-state index in [-0.39, 0.29) is 10.8 Å². The van der Waals surface area contributed by atoms with Gasteiger partial charge in [-0.25, -0.2) is 13.1 Å². The first-order valence-electron chi connectivity index (χ1n) is 6.91. The van der Waals surface area contributed by atoms with E-state index in [4.69, 9.17) is 4.74 Å². The van der Waals surface area contributed by atoms with Gasteiger partial charge in [0.1, 0.15) is 15.6 Å². The molecule has 1 aliphatic rings. The number of sulfonamides is 1. The number of aryl methyl sites for hydroxylation is 1. The van der Waals surface area contributed by atoms with Crippen LogP contribution < -0.4 is 9.46 Å². The van der Waals surface area contributed by atoms with Crippen LogP contribution in [0.3, 0.4) is 0 Å². The first-order chi connectivity index (χ1) is 10.4. The largest absolute Gasteiger partial charge is 0.493 e. The Labute approximate surface area is 133 Å². The highest BCUT2D eigenvalue weighted by Crippen LogP contribution is 2.36. The molecule has 1 aromatic carbocycles. The molecule has 5 nitrogen and oxygen atoms in total. The van der Waals surface area contributed by atoms with Crippen molar-refractivity contribution in [2.75, 3.05) is 13.2 Å².